The second-order valence-corrected chi connectivity index (χ2v) is 3.32. The van der Waals surface area contributed by atoms with E-state index < -0.39 is 0 Å². The Morgan fingerprint density at radius 1 is 1.40 bits per heavy atom. The molecule has 0 saturated carbocycles. The highest BCUT2D eigenvalue weighted by atomic mass is 16.1. The van der Waals surface area contributed by atoms with Gasteiger partial charge in [0.2, 0.25) is 11.6 Å². The van der Waals surface area contributed by atoms with Gasteiger partial charge in [-0.1, -0.05) is 23.8 Å². The maximum Gasteiger partial charge on any atom is 0.231 e. The van der Waals surface area contributed by atoms with Gasteiger partial charge in [-0.2, -0.15) is 0 Å². The molecule has 0 saturated heterocycles. The number of hydrogen-bond donors (Lipinski definition) is 0. The third kappa shape index (κ3) is 1.76. The lowest BCUT2D eigenvalue weighted by Gasteiger charge is -1.99. The van der Waals surface area contributed by atoms with E-state index in [1.54, 1.807) is 13.1 Å². The lowest BCUT2D eigenvalue weighted by Crippen LogP contribution is -2.09. The van der Waals surface area contributed by atoms with Gasteiger partial charge in [-0.05, 0) is 23.4 Å². The highest BCUT2D eigenvalue weighted by molar-refractivity contribution is 6.06. The molecule has 1 aromatic carbocycles. The van der Waals surface area contributed by atoms with Crippen LogP contribution in [0.4, 0.5) is 0 Å². The van der Waals surface area contributed by atoms with E-state index in [0.717, 1.165) is 5.56 Å². The van der Waals surface area contributed by atoms with Crippen LogP contribution in [0.1, 0.15) is 21.7 Å². The Labute approximate surface area is 86.7 Å². The van der Waals surface area contributed by atoms with Gasteiger partial charge in [-0.15, -0.1) is 5.10 Å². The first kappa shape index (κ1) is 9.51. The second kappa shape index (κ2) is 3.61. The molecule has 0 unspecified atom stereocenters. The number of ketones is 1. The summed E-state index contributed by atoms with van der Waals surface area (Å²) in [5.41, 5.74) is 1.64. The zero-order chi connectivity index (χ0) is 10.8. The van der Waals surface area contributed by atoms with Crippen molar-refractivity contribution in [3.8, 4) is 0 Å². The van der Waals surface area contributed by atoms with Crippen LogP contribution in [-0.4, -0.2) is 26.0 Å². The number of benzene rings is 1. The van der Waals surface area contributed by atoms with Crippen LogP contribution in [0.3, 0.4) is 0 Å². The van der Waals surface area contributed by atoms with Crippen LogP contribution in [0.5, 0.6) is 0 Å². The molecule has 0 radical (unpaired) electrons. The standard InChI is InChI=1S/C10H10N4O/c1-7-4-3-5-8(6-7)9(15)10-11-12-13-14(10)2/h3-6H,1-2H3. The van der Waals surface area contributed by atoms with Crippen LogP contribution in [0.2, 0.25) is 0 Å². The first-order chi connectivity index (χ1) is 7.18. The van der Waals surface area contributed by atoms with Crippen molar-refractivity contribution in [1.29, 1.82) is 0 Å². The highest BCUT2D eigenvalue weighted by Gasteiger charge is 2.15. The molecule has 5 heteroatoms. The van der Waals surface area contributed by atoms with Gasteiger partial charge in [0.15, 0.2) is 0 Å². The van der Waals surface area contributed by atoms with E-state index in [-0.39, 0.29) is 11.6 Å². The number of rotatable bonds is 2. The molecule has 2 aromatic rings. The molecule has 2 rings (SSSR count). The maximum absolute atomic E-state index is 11.9. The van der Waals surface area contributed by atoms with Crippen LogP contribution in [-0.2, 0) is 7.05 Å². The smallest absolute Gasteiger partial charge is 0.231 e. The Hall–Kier alpha value is -2.04. The van der Waals surface area contributed by atoms with Gasteiger partial charge < -0.3 is 0 Å². The minimum atomic E-state index is -0.161. The minimum absolute atomic E-state index is 0.161. The summed E-state index contributed by atoms with van der Waals surface area (Å²) in [5, 5.41) is 10.7. The number of nitrogens with zero attached hydrogens (tertiary/aromatic N) is 4. The molecular weight excluding hydrogens is 192 g/mol. The van der Waals surface area contributed by atoms with Crippen molar-refractivity contribution >= 4 is 5.78 Å². The summed E-state index contributed by atoms with van der Waals surface area (Å²) in [6.45, 7) is 1.94. The summed E-state index contributed by atoms with van der Waals surface area (Å²) in [4.78, 5) is 11.9. The Morgan fingerprint density at radius 3 is 2.80 bits per heavy atom. The third-order valence-electron chi connectivity index (χ3n) is 2.10. The van der Waals surface area contributed by atoms with E-state index in [1.165, 1.54) is 4.68 Å². The lowest BCUT2D eigenvalue weighted by molar-refractivity contribution is 0.102. The van der Waals surface area contributed by atoms with Crippen LogP contribution >= 0.6 is 0 Å². The molecule has 0 aliphatic heterocycles. The van der Waals surface area contributed by atoms with E-state index in [1.807, 2.05) is 25.1 Å². The van der Waals surface area contributed by atoms with E-state index in [4.69, 9.17) is 0 Å². The fraction of sp³-hybridized carbons (Fsp3) is 0.200. The first-order valence-corrected chi connectivity index (χ1v) is 4.52. The summed E-state index contributed by atoms with van der Waals surface area (Å²) >= 11 is 0. The van der Waals surface area contributed by atoms with E-state index in [9.17, 15) is 4.79 Å². The van der Waals surface area contributed by atoms with Crippen molar-refractivity contribution < 1.29 is 4.79 Å². The Morgan fingerprint density at radius 2 is 2.20 bits per heavy atom. The largest absolute Gasteiger partial charge is 0.285 e. The predicted octanol–water partition coefficient (Wildman–Crippen LogP) is 0.750. The Bertz CT molecular complexity index is 504. The summed E-state index contributed by atoms with van der Waals surface area (Å²) in [6.07, 6.45) is 0. The van der Waals surface area contributed by atoms with Crippen molar-refractivity contribution in [3.05, 3.63) is 41.2 Å². The number of carbonyl (C=O) groups is 1. The fourth-order valence-corrected chi connectivity index (χ4v) is 1.34. The van der Waals surface area contributed by atoms with Crippen molar-refractivity contribution in [2.24, 2.45) is 7.05 Å². The van der Waals surface area contributed by atoms with Crippen LogP contribution in [0, 0.1) is 6.92 Å². The number of aryl methyl sites for hydroxylation is 2. The van der Waals surface area contributed by atoms with Gasteiger partial charge in [0.05, 0.1) is 0 Å². The van der Waals surface area contributed by atoms with E-state index in [2.05, 4.69) is 15.5 Å². The molecule has 0 aliphatic rings. The van der Waals surface area contributed by atoms with E-state index >= 15 is 0 Å². The predicted molar refractivity (Wildman–Crippen MR) is 53.4 cm³/mol. The molecule has 0 amide bonds. The Balaban J connectivity index is 2.41. The summed E-state index contributed by atoms with van der Waals surface area (Å²) in [7, 11) is 1.64. The summed E-state index contributed by atoms with van der Waals surface area (Å²) < 4.78 is 1.37. The molecule has 0 aliphatic carbocycles. The molecule has 0 N–H and O–H groups in total. The summed E-state index contributed by atoms with van der Waals surface area (Å²) in [6, 6.07) is 7.35. The monoisotopic (exact) mass is 202 g/mol. The van der Waals surface area contributed by atoms with Gasteiger partial charge in [0.1, 0.15) is 0 Å². The highest BCUT2D eigenvalue weighted by Crippen LogP contribution is 2.08. The minimum Gasteiger partial charge on any atom is -0.285 e. The molecule has 0 bridgehead atoms. The first-order valence-electron chi connectivity index (χ1n) is 4.52. The quantitative estimate of drug-likeness (QED) is 0.674. The van der Waals surface area contributed by atoms with Crippen LogP contribution < -0.4 is 0 Å². The number of carbonyl (C=O) groups excluding carboxylic acids is 1. The third-order valence-corrected chi connectivity index (χ3v) is 2.10. The van der Waals surface area contributed by atoms with Crippen molar-refractivity contribution in [3.63, 3.8) is 0 Å². The molecule has 1 heterocycles. The van der Waals surface area contributed by atoms with Gasteiger partial charge in [-0.25, -0.2) is 4.68 Å². The van der Waals surface area contributed by atoms with Gasteiger partial charge in [0, 0.05) is 12.6 Å². The van der Waals surface area contributed by atoms with Gasteiger partial charge in [-0.3, -0.25) is 4.79 Å². The van der Waals surface area contributed by atoms with Crippen LogP contribution in [0.25, 0.3) is 0 Å². The average Bonchev–Trinajstić information content (AvgIpc) is 2.63. The molecule has 0 spiro atoms. The van der Waals surface area contributed by atoms with Gasteiger partial charge >= 0.3 is 0 Å². The fourth-order valence-electron chi connectivity index (χ4n) is 1.34. The number of aromatic nitrogens is 4. The van der Waals surface area contributed by atoms with Crippen molar-refractivity contribution in [2.75, 3.05) is 0 Å². The molecule has 1 aromatic heterocycles. The zero-order valence-electron chi connectivity index (χ0n) is 8.51. The van der Waals surface area contributed by atoms with E-state index in [0.29, 0.717) is 5.56 Å². The number of tetrazole rings is 1. The molecule has 5 nitrogen and oxygen atoms in total. The SMILES string of the molecule is Cc1cccc(C(=O)c2nnnn2C)c1. The second-order valence-electron chi connectivity index (χ2n) is 3.32. The maximum atomic E-state index is 11.9. The van der Waals surface area contributed by atoms with Crippen molar-refractivity contribution in [1.82, 2.24) is 20.2 Å². The summed E-state index contributed by atoms with van der Waals surface area (Å²) in [5.74, 6) is 0.0896. The normalized spacial score (nSPS) is 10.3. The van der Waals surface area contributed by atoms with Gasteiger partial charge in [0.25, 0.3) is 0 Å². The number of hydrogen-bond acceptors (Lipinski definition) is 4. The van der Waals surface area contributed by atoms with Crippen molar-refractivity contribution in [2.45, 2.75) is 6.92 Å². The lowest BCUT2D eigenvalue weighted by atomic mass is 10.1. The average molecular weight is 202 g/mol. The molecule has 0 atom stereocenters. The van der Waals surface area contributed by atoms with Crippen LogP contribution in [0.15, 0.2) is 24.3 Å². The molecule has 15 heavy (non-hydrogen) atoms. The molecule has 76 valence electrons. The zero-order valence-corrected chi connectivity index (χ0v) is 8.51. The molecule has 0 fully saturated rings. The Kier molecular flexibility index (Phi) is 2.29. The topological polar surface area (TPSA) is 60.7 Å². The molecular formula is C10H10N4O.